The Morgan fingerprint density at radius 3 is 2.31 bits per heavy atom. The fourth-order valence-electron chi connectivity index (χ4n) is 4.01. The molecule has 0 spiro atoms. The predicted octanol–water partition coefficient (Wildman–Crippen LogP) is 2.65. The Hall–Kier alpha value is -3.31. The molecule has 8 nitrogen and oxygen atoms in total. The van der Waals surface area contributed by atoms with Crippen molar-refractivity contribution in [3.8, 4) is 33.9 Å². The van der Waals surface area contributed by atoms with Crippen LogP contribution in [0.15, 0.2) is 64.1 Å². The molecular formula is C29H30ClIN2O6. The predicted molar refractivity (Wildman–Crippen MR) is 146 cm³/mol. The number of fused-ring (bicyclic) bond motifs is 1. The van der Waals surface area contributed by atoms with Gasteiger partial charge in [-0.3, -0.25) is 4.79 Å². The van der Waals surface area contributed by atoms with Gasteiger partial charge in [0.1, 0.15) is 24.0 Å². The molecule has 0 saturated carbocycles. The number of rotatable bonds is 6. The van der Waals surface area contributed by atoms with Crippen LogP contribution in [-0.4, -0.2) is 25.9 Å². The summed E-state index contributed by atoms with van der Waals surface area (Å²) >= 11 is 6.36. The van der Waals surface area contributed by atoms with E-state index in [1.54, 1.807) is 45.0 Å². The highest BCUT2D eigenvalue weighted by Crippen LogP contribution is 2.38. The number of alkyl carbamates (subject to hydrolysis) is 1. The second-order valence-corrected chi connectivity index (χ2v) is 10.2. The maximum atomic E-state index is 13.7. The minimum absolute atomic E-state index is 0. The molecule has 2 aromatic heterocycles. The van der Waals surface area contributed by atoms with Gasteiger partial charge in [-0.1, -0.05) is 11.6 Å². The summed E-state index contributed by atoms with van der Waals surface area (Å²) in [7, 11) is 4.86. The maximum Gasteiger partial charge on any atom is 0.407 e. The Morgan fingerprint density at radius 1 is 1.03 bits per heavy atom. The minimum atomic E-state index is -0.632. The number of hydrogen-bond acceptors (Lipinski definition) is 6. The van der Waals surface area contributed by atoms with Crippen molar-refractivity contribution in [3.05, 3.63) is 75.7 Å². The van der Waals surface area contributed by atoms with Gasteiger partial charge in [0, 0.05) is 29.8 Å². The number of hydrogen-bond donors (Lipinski definition) is 1. The summed E-state index contributed by atoms with van der Waals surface area (Å²) in [6.07, 6.45) is 3.25. The average Bonchev–Trinajstić information content (AvgIpc) is 2.86. The van der Waals surface area contributed by atoms with E-state index in [4.69, 9.17) is 30.2 Å². The van der Waals surface area contributed by atoms with Crippen molar-refractivity contribution >= 4 is 28.7 Å². The molecule has 2 heterocycles. The molecule has 0 saturated heterocycles. The maximum absolute atomic E-state index is 13.7. The van der Waals surface area contributed by atoms with Crippen molar-refractivity contribution in [2.75, 3.05) is 14.2 Å². The molecule has 0 radical (unpaired) electrons. The first-order valence-electron chi connectivity index (χ1n) is 11.9. The summed E-state index contributed by atoms with van der Waals surface area (Å²) in [6, 6.07) is 12.5. The van der Waals surface area contributed by atoms with Gasteiger partial charge in [-0.25, -0.2) is 9.36 Å². The Balaban J connectivity index is 0.00000420. The van der Waals surface area contributed by atoms with Gasteiger partial charge in [0.25, 0.3) is 0 Å². The fraction of sp³-hybridized carbons (Fsp3) is 0.276. The molecule has 0 fully saturated rings. The van der Waals surface area contributed by atoms with Crippen LogP contribution in [0.4, 0.5) is 4.79 Å². The van der Waals surface area contributed by atoms with Crippen LogP contribution in [0.5, 0.6) is 11.5 Å². The third kappa shape index (κ3) is 6.83. The van der Waals surface area contributed by atoms with E-state index in [0.29, 0.717) is 38.4 Å². The van der Waals surface area contributed by atoms with E-state index >= 15 is 0 Å². The Kier molecular flexibility index (Phi) is 9.50. The van der Waals surface area contributed by atoms with Gasteiger partial charge in [-0.15, -0.1) is 0 Å². The van der Waals surface area contributed by atoms with Gasteiger partial charge in [-0.2, -0.15) is 0 Å². The van der Waals surface area contributed by atoms with Crippen molar-refractivity contribution < 1.29 is 52.0 Å². The second kappa shape index (κ2) is 12.3. The smallest absolute Gasteiger partial charge is 0.407 e. The lowest BCUT2D eigenvalue weighted by Crippen LogP contribution is -3.00. The SMILES string of the molecule is COc1ccc(-c2oc3c(-c4cc[n+](C)cc4)cc(CNC(=O)OC(C)(C)C)cc3c(=O)c2OC)cc1Cl.[I-]. The highest BCUT2D eigenvalue weighted by molar-refractivity contribution is 6.32. The van der Waals surface area contributed by atoms with Gasteiger partial charge in [0.05, 0.1) is 24.6 Å². The Morgan fingerprint density at radius 2 is 1.72 bits per heavy atom. The van der Waals surface area contributed by atoms with Crippen molar-refractivity contribution in [2.24, 2.45) is 7.05 Å². The number of benzene rings is 2. The van der Waals surface area contributed by atoms with E-state index in [1.165, 1.54) is 14.2 Å². The molecule has 2 aromatic carbocycles. The number of ether oxygens (including phenoxy) is 3. The van der Waals surface area contributed by atoms with Crippen molar-refractivity contribution in [1.82, 2.24) is 5.32 Å². The molecule has 0 aliphatic heterocycles. The molecule has 0 bridgehead atoms. The number of carbonyl (C=O) groups is 1. The van der Waals surface area contributed by atoms with Crippen LogP contribution in [0.1, 0.15) is 26.3 Å². The number of halogens is 2. The van der Waals surface area contributed by atoms with Crippen LogP contribution in [0.25, 0.3) is 33.4 Å². The summed E-state index contributed by atoms with van der Waals surface area (Å²) in [5.74, 6) is 0.788. The van der Waals surface area contributed by atoms with E-state index in [-0.39, 0.29) is 47.5 Å². The molecule has 0 aliphatic carbocycles. The zero-order chi connectivity index (χ0) is 27.6. The van der Waals surface area contributed by atoms with Gasteiger partial charge in [-0.05, 0) is 62.2 Å². The summed E-state index contributed by atoms with van der Waals surface area (Å²) in [6.45, 7) is 5.53. The fourth-order valence-corrected chi connectivity index (χ4v) is 4.27. The number of pyridine rings is 1. The molecule has 0 unspecified atom stereocenters. The van der Waals surface area contributed by atoms with Crippen molar-refractivity contribution in [3.63, 3.8) is 0 Å². The van der Waals surface area contributed by atoms with Crippen LogP contribution in [0, 0.1) is 0 Å². The molecular weight excluding hydrogens is 635 g/mol. The number of methoxy groups -OCH3 is 2. The molecule has 39 heavy (non-hydrogen) atoms. The molecule has 1 amide bonds. The third-order valence-corrected chi connectivity index (χ3v) is 6.05. The molecule has 4 rings (SSSR count). The van der Waals surface area contributed by atoms with Crippen LogP contribution in [0.2, 0.25) is 5.02 Å². The molecule has 0 atom stereocenters. The number of aryl methyl sites for hydroxylation is 1. The molecule has 0 aliphatic rings. The van der Waals surface area contributed by atoms with Gasteiger partial charge in [0.2, 0.25) is 11.2 Å². The van der Waals surface area contributed by atoms with E-state index in [9.17, 15) is 9.59 Å². The van der Waals surface area contributed by atoms with Gasteiger partial charge >= 0.3 is 6.09 Å². The number of nitrogens with zero attached hydrogens (tertiary/aromatic N) is 1. The second-order valence-electron chi connectivity index (χ2n) is 9.77. The standard InChI is InChI=1S/C29H29ClN2O6.HI/c1-29(2,3)38-28(34)31-16-17-13-20(18-9-11-32(4)12-10-18)26-21(14-17)24(33)27(36-6)25(37-26)19-7-8-23(35-5)22(30)15-19;/h7-15H,16H2,1-6H3;1H. The van der Waals surface area contributed by atoms with Crippen LogP contribution in [-0.2, 0) is 18.3 Å². The first kappa shape index (κ1) is 30.2. The zero-order valence-electron chi connectivity index (χ0n) is 22.6. The minimum Gasteiger partial charge on any atom is -1.00 e. The Bertz CT molecular complexity index is 1560. The van der Waals surface area contributed by atoms with Crippen LogP contribution < -0.4 is 48.8 Å². The average molecular weight is 665 g/mol. The Labute approximate surface area is 248 Å². The lowest BCUT2D eigenvalue weighted by molar-refractivity contribution is -0.671. The third-order valence-electron chi connectivity index (χ3n) is 5.75. The normalized spacial score (nSPS) is 11.1. The van der Waals surface area contributed by atoms with Crippen molar-refractivity contribution in [2.45, 2.75) is 32.9 Å². The lowest BCUT2D eigenvalue weighted by atomic mass is 9.99. The number of nitrogens with one attached hydrogen (secondary N) is 1. The lowest BCUT2D eigenvalue weighted by Gasteiger charge is -2.20. The molecule has 10 heteroatoms. The van der Waals surface area contributed by atoms with E-state index in [1.807, 2.05) is 42.2 Å². The van der Waals surface area contributed by atoms with Crippen molar-refractivity contribution in [1.29, 1.82) is 0 Å². The van der Waals surface area contributed by atoms with Gasteiger partial charge < -0.3 is 47.9 Å². The zero-order valence-corrected chi connectivity index (χ0v) is 25.5. The monoisotopic (exact) mass is 664 g/mol. The van der Waals surface area contributed by atoms with E-state index in [2.05, 4.69) is 5.32 Å². The van der Waals surface area contributed by atoms with Crippen LogP contribution in [0.3, 0.4) is 0 Å². The van der Waals surface area contributed by atoms with Gasteiger partial charge in [0.15, 0.2) is 18.2 Å². The van der Waals surface area contributed by atoms with Crippen LogP contribution >= 0.6 is 11.6 Å². The highest BCUT2D eigenvalue weighted by atomic mass is 127. The van der Waals surface area contributed by atoms with E-state index < -0.39 is 11.7 Å². The van der Waals surface area contributed by atoms with E-state index in [0.717, 1.165) is 5.56 Å². The summed E-state index contributed by atoms with van der Waals surface area (Å²) < 4.78 is 24.4. The summed E-state index contributed by atoms with van der Waals surface area (Å²) in [4.78, 5) is 26.0. The molecule has 1 N–H and O–H groups in total. The quantitative estimate of drug-likeness (QED) is 0.252. The largest absolute Gasteiger partial charge is 1.00 e. The summed E-state index contributed by atoms with van der Waals surface area (Å²) in [5, 5.41) is 3.44. The number of aromatic nitrogens is 1. The number of carbonyl (C=O) groups excluding carboxylic acids is 1. The first-order valence-corrected chi connectivity index (χ1v) is 12.3. The molecule has 4 aromatic rings. The molecule has 206 valence electrons. The highest BCUT2D eigenvalue weighted by Gasteiger charge is 2.22. The summed E-state index contributed by atoms with van der Waals surface area (Å²) in [5.41, 5.74) is 2.18. The first-order chi connectivity index (χ1) is 18.0. The topological polar surface area (TPSA) is 90.9 Å². The number of amides is 1.